The third-order valence-electron chi connectivity index (χ3n) is 3.89. The standard InChI is InChI=1S/C19H28N4O4.C2H6/c1-3-5-17(20-2)21-11-4-6-18(25)23-15-9-7-14(8-10-15)12-16(19(26)27)22-13-24;1-2/h3,5,7-10,13,16-17,20-21H,4,6,11-12H2,1-2H3,(H,22,24)(H,23,25)(H,26,27);1-2H3/b5-3-;. The molecule has 1 aromatic rings. The summed E-state index contributed by atoms with van der Waals surface area (Å²) in [4.78, 5) is 33.5. The van der Waals surface area contributed by atoms with Crippen molar-refractivity contribution in [2.45, 2.75) is 52.2 Å². The topological polar surface area (TPSA) is 120 Å². The molecule has 29 heavy (non-hydrogen) atoms. The maximum atomic E-state index is 12.0. The average molecular weight is 407 g/mol. The fraction of sp³-hybridized carbons (Fsp3) is 0.476. The Morgan fingerprint density at radius 2 is 1.83 bits per heavy atom. The molecule has 0 spiro atoms. The van der Waals surface area contributed by atoms with E-state index in [9.17, 15) is 14.4 Å². The SMILES string of the molecule is C/C=C\C(NC)NCCCC(=O)Nc1ccc(CC(NC=O)C(=O)O)cc1.CC. The molecule has 0 aromatic heterocycles. The highest BCUT2D eigenvalue weighted by Gasteiger charge is 2.16. The second kappa shape index (κ2) is 16.3. The summed E-state index contributed by atoms with van der Waals surface area (Å²) >= 11 is 0. The number of carbonyl (C=O) groups excluding carboxylic acids is 2. The van der Waals surface area contributed by atoms with Gasteiger partial charge in [0, 0.05) is 18.5 Å². The number of nitrogens with one attached hydrogen (secondary N) is 4. The Morgan fingerprint density at radius 3 is 2.34 bits per heavy atom. The summed E-state index contributed by atoms with van der Waals surface area (Å²) in [6, 6.07) is 5.92. The van der Waals surface area contributed by atoms with Crippen LogP contribution in [0.1, 0.15) is 39.2 Å². The minimum absolute atomic E-state index is 0.0809. The van der Waals surface area contributed by atoms with E-state index in [-0.39, 0.29) is 18.5 Å². The van der Waals surface area contributed by atoms with Gasteiger partial charge >= 0.3 is 5.97 Å². The number of hydrogen-bond acceptors (Lipinski definition) is 5. The number of allylic oxidation sites excluding steroid dienone is 1. The van der Waals surface area contributed by atoms with Crippen LogP contribution in [0.5, 0.6) is 0 Å². The number of rotatable bonds is 13. The smallest absolute Gasteiger partial charge is 0.326 e. The van der Waals surface area contributed by atoms with Gasteiger partial charge in [0.05, 0.1) is 6.17 Å². The molecule has 0 fully saturated rings. The van der Waals surface area contributed by atoms with E-state index in [1.165, 1.54) is 0 Å². The molecular formula is C21H34N4O4. The maximum Gasteiger partial charge on any atom is 0.326 e. The van der Waals surface area contributed by atoms with Crippen LogP contribution in [0.2, 0.25) is 0 Å². The summed E-state index contributed by atoms with van der Waals surface area (Å²) in [7, 11) is 1.86. The van der Waals surface area contributed by atoms with Crippen molar-refractivity contribution in [3.63, 3.8) is 0 Å². The van der Waals surface area contributed by atoms with Gasteiger partial charge in [-0.2, -0.15) is 0 Å². The molecule has 0 bridgehead atoms. The Morgan fingerprint density at radius 1 is 1.17 bits per heavy atom. The van der Waals surface area contributed by atoms with E-state index < -0.39 is 12.0 Å². The lowest BCUT2D eigenvalue weighted by Crippen LogP contribution is -2.39. The van der Waals surface area contributed by atoms with E-state index in [2.05, 4.69) is 21.3 Å². The van der Waals surface area contributed by atoms with Gasteiger partial charge in [-0.15, -0.1) is 0 Å². The summed E-state index contributed by atoms with van der Waals surface area (Å²) in [5.41, 5.74) is 1.40. The third-order valence-corrected chi connectivity index (χ3v) is 3.89. The summed E-state index contributed by atoms with van der Waals surface area (Å²) in [5, 5.41) is 20.5. The lowest BCUT2D eigenvalue weighted by atomic mass is 10.1. The molecule has 8 nitrogen and oxygen atoms in total. The number of anilines is 1. The van der Waals surface area contributed by atoms with E-state index in [0.29, 0.717) is 31.5 Å². The largest absolute Gasteiger partial charge is 0.480 e. The Bertz CT molecular complexity index is 632. The van der Waals surface area contributed by atoms with Crippen molar-refractivity contribution in [1.82, 2.24) is 16.0 Å². The van der Waals surface area contributed by atoms with Gasteiger partial charge in [0.1, 0.15) is 6.04 Å². The highest BCUT2D eigenvalue weighted by Crippen LogP contribution is 2.12. The highest BCUT2D eigenvalue weighted by atomic mass is 16.4. The van der Waals surface area contributed by atoms with E-state index in [1.807, 2.05) is 40.0 Å². The molecule has 0 aliphatic rings. The number of hydrogen-bond donors (Lipinski definition) is 5. The van der Waals surface area contributed by atoms with Gasteiger partial charge in [-0.25, -0.2) is 4.79 Å². The average Bonchev–Trinajstić information content (AvgIpc) is 2.72. The van der Waals surface area contributed by atoms with Crippen LogP contribution < -0.4 is 21.3 Å². The molecule has 1 rings (SSSR count). The number of aliphatic carboxylic acids is 1. The molecule has 0 saturated carbocycles. The van der Waals surface area contributed by atoms with Crippen LogP contribution in [0.4, 0.5) is 5.69 Å². The fourth-order valence-electron chi connectivity index (χ4n) is 2.45. The van der Waals surface area contributed by atoms with Crippen LogP contribution in [0, 0.1) is 0 Å². The zero-order valence-electron chi connectivity index (χ0n) is 17.7. The Kier molecular flexibility index (Phi) is 14.7. The molecule has 0 radical (unpaired) electrons. The molecule has 162 valence electrons. The fourth-order valence-corrected chi connectivity index (χ4v) is 2.45. The van der Waals surface area contributed by atoms with Crippen molar-refractivity contribution in [1.29, 1.82) is 0 Å². The van der Waals surface area contributed by atoms with E-state index in [0.717, 1.165) is 5.56 Å². The van der Waals surface area contributed by atoms with Gasteiger partial charge in [0.25, 0.3) is 0 Å². The zero-order valence-corrected chi connectivity index (χ0v) is 17.7. The number of carbonyl (C=O) groups is 3. The molecule has 0 aliphatic heterocycles. The van der Waals surface area contributed by atoms with Crippen LogP contribution in [-0.4, -0.2) is 49.2 Å². The summed E-state index contributed by atoms with van der Waals surface area (Å²) in [5.74, 6) is -1.18. The predicted molar refractivity (Wildman–Crippen MR) is 116 cm³/mol. The Labute approximate surface area is 173 Å². The molecule has 0 saturated heterocycles. The van der Waals surface area contributed by atoms with Crippen molar-refractivity contribution in [3.8, 4) is 0 Å². The van der Waals surface area contributed by atoms with E-state index >= 15 is 0 Å². The van der Waals surface area contributed by atoms with Crippen LogP contribution in [0.15, 0.2) is 36.4 Å². The maximum absolute atomic E-state index is 12.0. The van der Waals surface area contributed by atoms with Crippen LogP contribution in [0.25, 0.3) is 0 Å². The normalized spacial score (nSPS) is 12.4. The molecule has 5 N–H and O–H groups in total. The summed E-state index contributed by atoms with van der Waals surface area (Å²) < 4.78 is 0. The van der Waals surface area contributed by atoms with E-state index in [1.54, 1.807) is 24.3 Å². The first-order valence-electron chi connectivity index (χ1n) is 9.85. The Hall–Kier alpha value is -2.71. The van der Waals surface area contributed by atoms with E-state index in [4.69, 9.17) is 5.11 Å². The molecule has 0 aliphatic carbocycles. The van der Waals surface area contributed by atoms with Crippen molar-refractivity contribution >= 4 is 24.0 Å². The van der Waals surface area contributed by atoms with Crippen molar-refractivity contribution in [2.75, 3.05) is 18.9 Å². The van der Waals surface area contributed by atoms with Gasteiger partial charge in [0.2, 0.25) is 12.3 Å². The van der Waals surface area contributed by atoms with Gasteiger partial charge in [-0.05, 0) is 44.6 Å². The summed E-state index contributed by atoms with van der Waals surface area (Å²) in [6.07, 6.45) is 5.70. The molecular weight excluding hydrogens is 372 g/mol. The second-order valence-corrected chi connectivity index (χ2v) is 5.97. The van der Waals surface area contributed by atoms with Gasteiger partial charge in [0.15, 0.2) is 0 Å². The molecule has 2 unspecified atom stereocenters. The lowest BCUT2D eigenvalue weighted by Gasteiger charge is -2.14. The first kappa shape index (κ1) is 26.3. The van der Waals surface area contributed by atoms with Crippen molar-refractivity contribution in [3.05, 3.63) is 42.0 Å². The Balaban J connectivity index is 0.00000379. The first-order valence-corrected chi connectivity index (χ1v) is 9.85. The predicted octanol–water partition coefficient (Wildman–Crippen LogP) is 1.88. The minimum Gasteiger partial charge on any atom is -0.480 e. The molecule has 1 aromatic carbocycles. The molecule has 0 heterocycles. The number of amides is 2. The molecule has 2 atom stereocenters. The molecule has 8 heteroatoms. The summed E-state index contributed by atoms with van der Waals surface area (Å²) in [6.45, 7) is 6.66. The van der Waals surface area contributed by atoms with Crippen LogP contribution in [-0.2, 0) is 20.8 Å². The second-order valence-electron chi connectivity index (χ2n) is 5.97. The number of likely N-dealkylation sites (N-methyl/N-ethyl adjacent to an activating group) is 1. The number of carboxylic acids is 1. The van der Waals surface area contributed by atoms with Crippen molar-refractivity contribution in [2.24, 2.45) is 0 Å². The number of benzene rings is 1. The number of carboxylic acid groups (broad SMARTS) is 1. The third kappa shape index (κ3) is 11.7. The molecule has 2 amide bonds. The van der Waals surface area contributed by atoms with Crippen molar-refractivity contribution < 1.29 is 19.5 Å². The zero-order chi connectivity index (χ0) is 22.1. The minimum atomic E-state index is -1.09. The van der Waals surface area contributed by atoms with Gasteiger partial charge in [-0.1, -0.05) is 38.1 Å². The van der Waals surface area contributed by atoms with Gasteiger partial charge in [-0.3, -0.25) is 14.9 Å². The monoisotopic (exact) mass is 406 g/mol. The lowest BCUT2D eigenvalue weighted by molar-refractivity contribution is -0.140. The van der Waals surface area contributed by atoms with Crippen LogP contribution in [0.3, 0.4) is 0 Å². The van der Waals surface area contributed by atoms with Gasteiger partial charge < -0.3 is 21.1 Å². The van der Waals surface area contributed by atoms with Crippen LogP contribution >= 0.6 is 0 Å². The quantitative estimate of drug-likeness (QED) is 0.148. The highest BCUT2D eigenvalue weighted by molar-refractivity contribution is 5.90. The first-order chi connectivity index (χ1) is 14.0.